The predicted octanol–water partition coefficient (Wildman–Crippen LogP) is 2.13. The summed E-state index contributed by atoms with van der Waals surface area (Å²) >= 11 is 2.70. The van der Waals surface area contributed by atoms with Crippen LogP contribution in [0.4, 0.5) is 5.00 Å². The zero-order valence-corrected chi connectivity index (χ0v) is 15.7. The van der Waals surface area contributed by atoms with E-state index in [1.807, 2.05) is 6.92 Å². The Labute approximate surface area is 153 Å². The number of aliphatic imine (C=N–C) groups is 1. The number of thioether (sulfide) groups is 1. The van der Waals surface area contributed by atoms with Crippen LogP contribution in [-0.4, -0.2) is 53.3 Å². The van der Waals surface area contributed by atoms with Crippen LogP contribution >= 0.6 is 23.1 Å². The third-order valence-electron chi connectivity index (χ3n) is 3.97. The van der Waals surface area contributed by atoms with Crippen molar-refractivity contribution < 1.29 is 19.1 Å². The van der Waals surface area contributed by atoms with E-state index in [0.717, 1.165) is 24.3 Å². The third-order valence-corrected chi connectivity index (χ3v) is 6.38. The Morgan fingerprint density at radius 1 is 1.48 bits per heavy atom. The van der Waals surface area contributed by atoms with Gasteiger partial charge in [-0.25, -0.2) is 4.79 Å². The number of aryl methyl sites for hydroxylation is 1. The molecule has 134 valence electrons. The van der Waals surface area contributed by atoms with E-state index in [2.05, 4.69) is 10.3 Å². The van der Waals surface area contributed by atoms with E-state index in [0.29, 0.717) is 22.3 Å². The second-order valence-corrected chi connectivity index (χ2v) is 7.97. The minimum Gasteiger partial charge on any atom is -0.465 e. The van der Waals surface area contributed by atoms with Crippen molar-refractivity contribution in [3.8, 4) is 0 Å². The molecule has 1 aromatic heterocycles. The van der Waals surface area contributed by atoms with Gasteiger partial charge in [-0.15, -0.1) is 11.3 Å². The molecule has 1 fully saturated rings. The molecule has 3 heterocycles. The Morgan fingerprint density at radius 3 is 2.96 bits per heavy atom. The number of esters is 1. The fraction of sp³-hybridized carbons (Fsp3) is 0.500. The van der Waals surface area contributed by atoms with Gasteiger partial charge in [-0.05, 0) is 18.9 Å². The highest BCUT2D eigenvalue weighted by Crippen LogP contribution is 2.33. The number of nitrogens with one attached hydrogen (secondary N) is 1. The van der Waals surface area contributed by atoms with Crippen LogP contribution in [0.15, 0.2) is 11.1 Å². The Bertz CT molecular complexity index is 744. The van der Waals surface area contributed by atoms with Gasteiger partial charge < -0.3 is 10.1 Å². The highest BCUT2D eigenvalue weighted by Gasteiger charge is 2.39. The Kier molecular flexibility index (Phi) is 5.43. The average Bonchev–Trinajstić information content (AvgIpc) is 3.16. The average molecular weight is 381 g/mol. The fourth-order valence-corrected chi connectivity index (χ4v) is 4.88. The predicted molar refractivity (Wildman–Crippen MR) is 98.3 cm³/mol. The standard InChI is InChI=1S/C16H19N3O4S2/c1-3-9-7-10(15(22)23-2)13(24-9)18-12(20)8-11-14(21)19-6-4-5-17-16(19)25-11/h7,11H,3-6,8H2,1-2H3,(H,18,20). The molecule has 0 bridgehead atoms. The van der Waals surface area contributed by atoms with Gasteiger partial charge in [-0.2, -0.15) is 0 Å². The molecule has 2 aliphatic heterocycles. The van der Waals surface area contributed by atoms with E-state index >= 15 is 0 Å². The monoisotopic (exact) mass is 381 g/mol. The molecule has 1 saturated heterocycles. The van der Waals surface area contributed by atoms with E-state index < -0.39 is 11.2 Å². The maximum atomic E-state index is 12.4. The van der Waals surface area contributed by atoms with E-state index in [1.165, 1.54) is 30.2 Å². The summed E-state index contributed by atoms with van der Waals surface area (Å²) in [5.74, 6) is -0.836. The van der Waals surface area contributed by atoms with Crippen LogP contribution in [-0.2, 0) is 20.7 Å². The van der Waals surface area contributed by atoms with Crippen molar-refractivity contribution in [2.45, 2.75) is 31.4 Å². The normalized spacial score (nSPS) is 19.4. The summed E-state index contributed by atoms with van der Waals surface area (Å²) in [6.45, 7) is 3.37. The number of methoxy groups -OCH3 is 1. The third kappa shape index (κ3) is 3.72. The summed E-state index contributed by atoms with van der Waals surface area (Å²) in [5.41, 5.74) is 0.352. The number of carbonyl (C=O) groups excluding carboxylic acids is 3. The van der Waals surface area contributed by atoms with Gasteiger partial charge in [0, 0.05) is 24.4 Å². The highest BCUT2D eigenvalue weighted by atomic mass is 32.2. The Hall–Kier alpha value is -1.87. The zero-order valence-electron chi connectivity index (χ0n) is 14.0. The van der Waals surface area contributed by atoms with Gasteiger partial charge in [0.15, 0.2) is 5.17 Å². The number of amidine groups is 1. The number of anilines is 1. The molecule has 2 aliphatic rings. The van der Waals surface area contributed by atoms with Crippen LogP contribution in [0.3, 0.4) is 0 Å². The van der Waals surface area contributed by atoms with E-state index in [4.69, 9.17) is 4.74 Å². The van der Waals surface area contributed by atoms with Gasteiger partial charge in [-0.3, -0.25) is 19.5 Å². The zero-order chi connectivity index (χ0) is 18.0. The number of fused-ring (bicyclic) bond motifs is 1. The second kappa shape index (κ2) is 7.57. The minimum atomic E-state index is -0.482. The van der Waals surface area contributed by atoms with E-state index in [-0.39, 0.29) is 18.2 Å². The summed E-state index contributed by atoms with van der Waals surface area (Å²) in [6.07, 6.45) is 1.67. The van der Waals surface area contributed by atoms with Gasteiger partial charge in [0.1, 0.15) is 10.3 Å². The topological polar surface area (TPSA) is 88.1 Å². The molecule has 1 atom stereocenters. The molecule has 0 spiro atoms. The highest BCUT2D eigenvalue weighted by molar-refractivity contribution is 8.15. The fourth-order valence-electron chi connectivity index (χ4n) is 2.69. The summed E-state index contributed by atoms with van der Waals surface area (Å²) in [4.78, 5) is 43.6. The molecule has 2 amide bonds. The van der Waals surface area contributed by atoms with Crippen LogP contribution in [0.5, 0.6) is 0 Å². The molecule has 3 rings (SSSR count). The summed E-state index contributed by atoms with van der Waals surface area (Å²) in [5, 5.41) is 3.50. The molecular formula is C16H19N3O4S2. The van der Waals surface area contributed by atoms with Crippen molar-refractivity contribution in [2.24, 2.45) is 4.99 Å². The molecule has 9 heteroatoms. The molecule has 7 nitrogen and oxygen atoms in total. The summed E-state index contributed by atoms with van der Waals surface area (Å²) in [7, 11) is 1.31. The molecule has 1 unspecified atom stereocenters. The van der Waals surface area contributed by atoms with Gasteiger partial charge in [0.05, 0.1) is 12.7 Å². The SMILES string of the molecule is CCc1cc(C(=O)OC)c(NC(=O)CC2SC3=NCCCN3C2=O)s1. The first-order valence-corrected chi connectivity index (χ1v) is 9.76. The lowest BCUT2D eigenvalue weighted by molar-refractivity contribution is -0.128. The molecular weight excluding hydrogens is 362 g/mol. The summed E-state index contributed by atoms with van der Waals surface area (Å²) in [6, 6.07) is 1.73. The van der Waals surface area contributed by atoms with Crippen LogP contribution in [0, 0.1) is 0 Å². The number of carbonyl (C=O) groups is 3. The first kappa shape index (κ1) is 17.9. The number of hydrogen-bond donors (Lipinski definition) is 1. The van der Waals surface area contributed by atoms with Gasteiger partial charge in [0.25, 0.3) is 0 Å². The maximum Gasteiger partial charge on any atom is 0.340 e. The lowest BCUT2D eigenvalue weighted by atomic mass is 10.2. The minimum absolute atomic E-state index is 0.0546. The molecule has 0 saturated carbocycles. The molecule has 0 radical (unpaired) electrons. The number of amides is 2. The van der Waals surface area contributed by atoms with Crippen LogP contribution < -0.4 is 5.32 Å². The number of nitrogens with zero attached hydrogens (tertiary/aromatic N) is 2. The molecule has 0 aliphatic carbocycles. The van der Waals surface area contributed by atoms with E-state index in [9.17, 15) is 14.4 Å². The molecule has 1 N–H and O–H groups in total. The van der Waals surface area contributed by atoms with Gasteiger partial charge in [-0.1, -0.05) is 18.7 Å². The quantitative estimate of drug-likeness (QED) is 0.790. The molecule has 0 aromatic carbocycles. The number of thiophene rings is 1. The lowest BCUT2D eigenvalue weighted by Crippen LogP contribution is -2.36. The van der Waals surface area contributed by atoms with Crippen molar-refractivity contribution in [1.29, 1.82) is 0 Å². The first-order valence-electron chi connectivity index (χ1n) is 8.06. The number of ether oxygens (including phenoxy) is 1. The Morgan fingerprint density at radius 2 is 2.28 bits per heavy atom. The van der Waals surface area contributed by atoms with Crippen LogP contribution in [0.1, 0.15) is 35.0 Å². The number of rotatable bonds is 5. The second-order valence-electron chi connectivity index (χ2n) is 5.67. The van der Waals surface area contributed by atoms with E-state index in [1.54, 1.807) is 11.0 Å². The van der Waals surface area contributed by atoms with Crippen molar-refractivity contribution in [1.82, 2.24) is 4.90 Å². The molecule has 25 heavy (non-hydrogen) atoms. The van der Waals surface area contributed by atoms with Crippen molar-refractivity contribution >= 4 is 51.1 Å². The Balaban J connectivity index is 1.68. The van der Waals surface area contributed by atoms with Crippen molar-refractivity contribution in [3.05, 3.63) is 16.5 Å². The van der Waals surface area contributed by atoms with Crippen LogP contribution in [0.2, 0.25) is 0 Å². The lowest BCUT2D eigenvalue weighted by Gasteiger charge is -2.19. The maximum absolute atomic E-state index is 12.4. The van der Waals surface area contributed by atoms with Gasteiger partial charge in [0.2, 0.25) is 11.8 Å². The summed E-state index contributed by atoms with van der Waals surface area (Å²) < 4.78 is 4.77. The largest absolute Gasteiger partial charge is 0.465 e. The first-order chi connectivity index (χ1) is 12.0. The van der Waals surface area contributed by atoms with Crippen LogP contribution in [0.25, 0.3) is 0 Å². The van der Waals surface area contributed by atoms with Gasteiger partial charge >= 0.3 is 5.97 Å². The molecule has 1 aromatic rings. The number of hydrogen-bond acceptors (Lipinski definition) is 7. The van der Waals surface area contributed by atoms with Crippen molar-refractivity contribution in [2.75, 3.05) is 25.5 Å². The van der Waals surface area contributed by atoms with Crippen molar-refractivity contribution in [3.63, 3.8) is 0 Å². The smallest absolute Gasteiger partial charge is 0.340 e.